The summed E-state index contributed by atoms with van der Waals surface area (Å²) in [5, 5.41) is 2.59. The van der Waals surface area contributed by atoms with Gasteiger partial charge in [-0.15, -0.1) is 0 Å². The molecule has 1 N–H and O–H groups in total. The van der Waals surface area contributed by atoms with Crippen LogP contribution in [0.15, 0.2) is 18.2 Å². The predicted molar refractivity (Wildman–Crippen MR) is 59.3 cm³/mol. The van der Waals surface area contributed by atoms with Crippen LogP contribution >= 0.6 is 7.29 Å². The summed E-state index contributed by atoms with van der Waals surface area (Å²) in [6.07, 6.45) is -4.38. The number of hydrogen-bond donors (Lipinski definition) is 1. The summed E-state index contributed by atoms with van der Waals surface area (Å²) in [6.45, 7) is 4.49. The molecule has 0 aromatic heterocycles. The van der Waals surface area contributed by atoms with Crippen molar-refractivity contribution in [2.24, 2.45) is 0 Å². The zero-order valence-corrected chi connectivity index (χ0v) is 10.1. The van der Waals surface area contributed by atoms with Crippen LogP contribution in [0.25, 0.3) is 0 Å². The van der Waals surface area contributed by atoms with Gasteiger partial charge in [-0.3, -0.25) is 0 Å². The highest BCUT2D eigenvalue weighted by atomic mass is 31.2. The van der Waals surface area contributed by atoms with Crippen molar-refractivity contribution in [1.82, 2.24) is 0 Å². The zero-order chi connectivity index (χ0) is 12.6. The molecule has 0 aliphatic heterocycles. The smallest absolute Gasteiger partial charge is 0.337 e. The van der Waals surface area contributed by atoms with E-state index in [4.69, 9.17) is 0 Å². The van der Waals surface area contributed by atoms with E-state index in [2.05, 4.69) is 5.09 Å². The second kappa shape index (κ2) is 4.13. The van der Waals surface area contributed by atoms with Gasteiger partial charge in [0.15, 0.2) is 7.29 Å². The number of aryl methyl sites for hydroxylation is 1. The van der Waals surface area contributed by atoms with Gasteiger partial charge in [0.1, 0.15) is 0 Å². The fourth-order valence-electron chi connectivity index (χ4n) is 1.32. The second-order valence-corrected chi connectivity index (χ2v) is 6.97. The number of hydrogen-bond acceptors (Lipinski definition) is 1. The highest BCUT2D eigenvalue weighted by Crippen LogP contribution is 2.39. The molecule has 0 aliphatic carbocycles. The van der Waals surface area contributed by atoms with Gasteiger partial charge in [-0.05, 0) is 30.7 Å². The van der Waals surface area contributed by atoms with Crippen LogP contribution < -0.4 is 5.09 Å². The first kappa shape index (κ1) is 13.1. The largest absolute Gasteiger partial charge is 0.416 e. The van der Waals surface area contributed by atoms with Gasteiger partial charge >= 0.3 is 6.18 Å². The second-order valence-electron chi connectivity index (χ2n) is 4.05. The highest BCUT2D eigenvalue weighted by Gasteiger charge is 2.31. The van der Waals surface area contributed by atoms with Crippen LogP contribution in [0.4, 0.5) is 18.9 Å². The van der Waals surface area contributed by atoms with Crippen molar-refractivity contribution < 1.29 is 17.7 Å². The van der Waals surface area contributed by atoms with Gasteiger partial charge in [0.2, 0.25) is 0 Å². The quantitative estimate of drug-likeness (QED) is 0.806. The molecule has 0 amide bonds. The minimum atomic E-state index is -4.38. The Morgan fingerprint density at radius 2 is 1.75 bits per heavy atom. The molecule has 1 aromatic rings. The molecule has 0 spiro atoms. The summed E-state index contributed by atoms with van der Waals surface area (Å²) in [5.41, 5.74) is -0.0186. The number of nitrogens with one attached hydrogen (secondary N) is 1. The molecule has 0 fully saturated rings. The molecule has 6 heteroatoms. The van der Waals surface area contributed by atoms with Gasteiger partial charge < -0.3 is 9.65 Å². The lowest BCUT2D eigenvalue weighted by atomic mass is 10.1. The Balaban J connectivity index is 3.14. The van der Waals surface area contributed by atoms with Crippen LogP contribution in [0, 0.1) is 6.92 Å². The number of rotatable bonds is 2. The molecule has 0 saturated heterocycles. The van der Waals surface area contributed by atoms with Gasteiger partial charge in [-0.1, -0.05) is 0 Å². The van der Waals surface area contributed by atoms with E-state index in [1.165, 1.54) is 19.4 Å². The maximum Gasteiger partial charge on any atom is 0.416 e. The van der Waals surface area contributed by atoms with Gasteiger partial charge in [-0.25, -0.2) is 0 Å². The minimum Gasteiger partial charge on any atom is -0.337 e. The molecule has 0 aliphatic rings. The Hall–Kier alpha value is -0.960. The highest BCUT2D eigenvalue weighted by molar-refractivity contribution is 7.63. The maximum absolute atomic E-state index is 12.5. The standard InChI is InChI=1S/C10H13F3NOP/c1-7-4-8(10(11,12)13)6-9(5-7)14-16(2,3)15/h4-6H,1-3H3,(H,14,15). The fourth-order valence-corrected chi connectivity index (χ4v) is 2.07. The molecule has 0 heterocycles. The van der Waals surface area contributed by atoms with E-state index >= 15 is 0 Å². The van der Waals surface area contributed by atoms with Gasteiger partial charge in [0, 0.05) is 19.0 Å². The molecule has 16 heavy (non-hydrogen) atoms. The summed E-state index contributed by atoms with van der Waals surface area (Å²) in [7, 11) is -2.60. The van der Waals surface area contributed by atoms with E-state index in [0.29, 0.717) is 5.56 Å². The van der Waals surface area contributed by atoms with E-state index in [9.17, 15) is 17.7 Å². The lowest BCUT2D eigenvalue weighted by molar-refractivity contribution is -0.137. The van der Waals surface area contributed by atoms with E-state index in [-0.39, 0.29) is 5.69 Å². The summed E-state index contributed by atoms with van der Waals surface area (Å²) in [6, 6.07) is 3.56. The third kappa shape index (κ3) is 3.89. The Morgan fingerprint density at radius 3 is 2.19 bits per heavy atom. The molecule has 0 saturated carbocycles. The van der Waals surface area contributed by atoms with Crippen LogP contribution in [0.5, 0.6) is 0 Å². The topological polar surface area (TPSA) is 29.1 Å². The molecular weight excluding hydrogens is 238 g/mol. The van der Waals surface area contributed by atoms with Crippen molar-refractivity contribution in [1.29, 1.82) is 0 Å². The van der Waals surface area contributed by atoms with Crippen LogP contribution in [0.1, 0.15) is 11.1 Å². The van der Waals surface area contributed by atoms with Gasteiger partial charge in [-0.2, -0.15) is 13.2 Å². The maximum atomic E-state index is 12.5. The molecule has 0 bridgehead atoms. The van der Waals surface area contributed by atoms with Crippen molar-refractivity contribution >= 4 is 13.0 Å². The van der Waals surface area contributed by atoms with Crippen LogP contribution in [0.2, 0.25) is 0 Å². The van der Waals surface area contributed by atoms with E-state index in [1.54, 1.807) is 6.92 Å². The minimum absolute atomic E-state index is 0.237. The Bertz CT molecular complexity index is 436. The number of benzene rings is 1. The first-order valence-electron chi connectivity index (χ1n) is 4.60. The molecule has 2 nitrogen and oxygen atoms in total. The van der Waals surface area contributed by atoms with Crippen molar-refractivity contribution in [3.63, 3.8) is 0 Å². The van der Waals surface area contributed by atoms with E-state index in [0.717, 1.165) is 12.1 Å². The number of alkyl halides is 3. The monoisotopic (exact) mass is 251 g/mol. The first-order valence-corrected chi connectivity index (χ1v) is 7.20. The van der Waals surface area contributed by atoms with Crippen molar-refractivity contribution in [2.75, 3.05) is 18.4 Å². The molecule has 0 unspecified atom stereocenters. The first-order chi connectivity index (χ1) is 7.08. The molecule has 90 valence electrons. The van der Waals surface area contributed by atoms with Crippen molar-refractivity contribution in [3.05, 3.63) is 29.3 Å². The predicted octanol–water partition coefficient (Wildman–Crippen LogP) is 3.96. The summed E-state index contributed by atoms with van der Waals surface area (Å²) >= 11 is 0. The average molecular weight is 251 g/mol. The van der Waals surface area contributed by atoms with Crippen molar-refractivity contribution in [3.8, 4) is 0 Å². The summed E-state index contributed by atoms with van der Waals surface area (Å²) in [4.78, 5) is 0. The third-order valence-corrected chi connectivity index (χ3v) is 2.60. The molecule has 1 aromatic carbocycles. The Morgan fingerprint density at radius 1 is 1.19 bits per heavy atom. The normalized spacial score (nSPS) is 12.6. The van der Waals surface area contributed by atoms with E-state index in [1.807, 2.05) is 0 Å². The average Bonchev–Trinajstić information content (AvgIpc) is 1.97. The van der Waals surface area contributed by atoms with Crippen molar-refractivity contribution in [2.45, 2.75) is 13.1 Å². The third-order valence-electron chi connectivity index (χ3n) is 1.80. The van der Waals surface area contributed by atoms with Crippen LogP contribution in [-0.4, -0.2) is 13.3 Å². The fraction of sp³-hybridized carbons (Fsp3) is 0.400. The molecule has 0 radical (unpaired) electrons. The lowest BCUT2D eigenvalue weighted by Gasteiger charge is -2.14. The lowest BCUT2D eigenvalue weighted by Crippen LogP contribution is -2.06. The van der Waals surface area contributed by atoms with Gasteiger partial charge in [0.05, 0.1) is 5.56 Å². The molecule has 0 atom stereocenters. The Kier molecular flexibility index (Phi) is 3.38. The van der Waals surface area contributed by atoms with Gasteiger partial charge in [0.25, 0.3) is 0 Å². The van der Waals surface area contributed by atoms with Crippen LogP contribution in [-0.2, 0) is 10.7 Å². The van der Waals surface area contributed by atoms with Crippen LogP contribution in [0.3, 0.4) is 0 Å². The SMILES string of the molecule is Cc1cc(NP(C)(C)=O)cc(C(F)(F)F)c1. The number of halogens is 3. The molecule has 1 rings (SSSR count). The summed E-state index contributed by atoms with van der Waals surface area (Å²) < 4.78 is 48.9. The van der Waals surface area contributed by atoms with E-state index < -0.39 is 19.0 Å². The molecular formula is C10H13F3NOP. The summed E-state index contributed by atoms with van der Waals surface area (Å²) in [5.74, 6) is 0. The Labute approximate surface area is 92.3 Å². The zero-order valence-electron chi connectivity index (χ0n) is 9.22. The number of anilines is 1.